The molecule has 0 aliphatic carbocycles. The van der Waals surface area contributed by atoms with Crippen molar-refractivity contribution in [3.05, 3.63) is 39.6 Å². The van der Waals surface area contributed by atoms with Crippen molar-refractivity contribution < 1.29 is 4.39 Å². The number of halogens is 3. The van der Waals surface area contributed by atoms with Crippen molar-refractivity contribution in [2.24, 2.45) is 0 Å². The molecule has 18 heavy (non-hydrogen) atoms. The predicted octanol–water partition coefficient (Wildman–Crippen LogP) is 4.13. The molecule has 0 spiro atoms. The van der Waals surface area contributed by atoms with E-state index in [9.17, 15) is 4.39 Å². The maximum atomic E-state index is 14.0. The zero-order chi connectivity index (χ0) is 13.1. The first kappa shape index (κ1) is 13.2. The fourth-order valence-corrected chi connectivity index (χ4v) is 1.95. The number of nitrogens with one attached hydrogen (secondary N) is 1. The van der Waals surface area contributed by atoms with Crippen LogP contribution in [0.4, 0.5) is 10.2 Å². The van der Waals surface area contributed by atoms with Gasteiger partial charge in [0.1, 0.15) is 5.82 Å². The molecule has 0 saturated heterocycles. The van der Waals surface area contributed by atoms with E-state index in [1.54, 1.807) is 24.3 Å². The van der Waals surface area contributed by atoms with Crippen molar-refractivity contribution in [2.75, 3.05) is 11.9 Å². The van der Waals surface area contributed by atoms with Gasteiger partial charge in [0, 0.05) is 16.6 Å². The Morgan fingerprint density at radius 3 is 2.67 bits per heavy atom. The van der Waals surface area contributed by atoms with E-state index in [1.165, 1.54) is 0 Å². The van der Waals surface area contributed by atoms with Gasteiger partial charge in [-0.2, -0.15) is 0 Å². The average Bonchev–Trinajstić information content (AvgIpc) is 2.38. The largest absolute Gasteiger partial charge is 0.369 e. The van der Waals surface area contributed by atoms with Crippen LogP contribution in [-0.4, -0.2) is 16.7 Å². The van der Waals surface area contributed by atoms with Crippen LogP contribution in [0.5, 0.6) is 0 Å². The van der Waals surface area contributed by atoms with E-state index in [0.717, 1.165) is 6.54 Å². The summed E-state index contributed by atoms with van der Waals surface area (Å²) >= 11 is 9.00. The van der Waals surface area contributed by atoms with Gasteiger partial charge in [-0.05, 0) is 47.1 Å². The first-order valence-corrected chi connectivity index (χ1v) is 6.52. The summed E-state index contributed by atoms with van der Waals surface area (Å²) < 4.78 is 14.5. The number of hydrogen-bond donors (Lipinski definition) is 1. The third-order valence-corrected chi connectivity index (χ3v) is 3.59. The predicted molar refractivity (Wildman–Crippen MR) is 74.3 cm³/mol. The SMILES string of the molecule is CCNc1ccc(-c2ccc(Br)c(Cl)c2F)nn1. The topological polar surface area (TPSA) is 37.8 Å². The number of anilines is 1. The summed E-state index contributed by atoms with van der Waals surface area (Å²) in [5, 5.41) is 11.0. The van der Waals surface area contributed by atoms with Crippen LogP contribution in [0.3, 0.4) is 0 Å². The van der Waals surface area contributed by atoms with Gasteiger partial charge in [-0.3, -0.25) is 0 Å². The molecule has 3 nitrogen and oxygen atoms in total. The lowest BCUT2D eigenvalue weighted by Gasteiger charge is -2.06. The molecule has 0 bridgehead atoms. The zero-order valence-corrected chi connectivity index (χ0v) is 11.9. The molecule has 0 aliphatic heterocycles. The Balaban J connectivity index is 2.40. The van der Waals surface area contributed by atoms with E-state index in [-0.39, 0.29) is 5.02 Å². The van der Waals surface area contributed by atoms with E-state index < -0.39 is 5.82 Å². The lowest BCUT2D eigenvalue weighted by Crippen LogP contribution is -2.01. The fraction of sp³-hybridized carbons (Fsp3) is 0.167. The molecule has 1 heterocycles. The van der Waals surface area contributed by atoms with Crippen molar-refractivity contribution in [3.63, 3.8) is 0 Å². The van der Waals surface area contributed by atoms with Crippen molar-refractivity contribution in [1.29, 1.82) is 0 Å². The number of hydrogen-bond acceptors (Lipinski definition) is 3. The van der Waals surface area contributed by atoms with Crippen molar-refractivity contribution >= 4 is 33.3 Å². The number of benzene rings is 1. The quantitative estimate of drug-likeness (QED) is 0.860. The molecule has 0 radical (unpaired) electrons. The van der Waals surface area contributed by atoms with Gasteiger partial charge in [0.15, 0.2) is 5.82 Å². The molecule has 1 aromatic carbocycles. The summed E-state index contributed by atoms with van der Waals surface area (Å²) in [6.07, 6.45) is 0. The first-order valence-electron chi connectivity index (χ1n) is 5.35. The molecule has 6 heteroatoms. The number of aromatic nitrogens is 2. The van der Waals surface area contributed by atoms with Gasteiger partial charge in [-0.15, -0.1) is 10.2 Å². The summed E-state index contributed by atoms with van der Waals surface area (Å²) in [5.41, 5.74) is 0.780. The minimum absolute atomic E-state index is 0.0464. The second-order valence-electron chi connectivity index (χ2n) is 3.56. The Bertz CT molecular complexity index is 560. The van der Waals surface area contributed by atoms with Crippen LogP contribution in [0.25, 0.3) is 11.3 Å². The third kappa shape index (κ3) is 2.62. The molecule has 94 valence electrons. The van der Waals surface area contributed by atoms with Gasteiger partial charge in [0.05, 0.1) is 10.7 Å². The van der Waals surface area contributed by atoms with E-state index in [2.05, 4.69) is 31.4 Å². The maximum absolute atomic E-state index is 14.0. The zero-order valence-electron chi connectivity index (χ0n) is 9.54. The van der Waals surface area contributed by atoms with Crippen molar-refractivity contribution in [1.82, 2.24) is 10.2 Å². The molecular formula is C12H10BrClFN3. The second-order valence-corrected chi connectivity index (χ2v) is 4.79. The number of rotatable bonds is 3. The fourth-order valence-electron chi connectivity index (χ4n) is 1.48. The molecule has 0 fully saturated rings. The highest BCUT2D eigenvalue weighted by molar-refractivity contribution is 9.10. The maximum Gasteiger partial charge on any atom is 0.152 e. The summed E-state index contributed by atoms with van der Waals surface area (Å²) in [6.45, 7) is 2.72. The Kier molecular flexibility index (Phi) is 4.14. The van der Waals surface area contributed by atoms with Gasteiger partial charge >= 0.3 is 0 Å². The Labute approximate surface area is 118 Å². The minimum Gasteiger partial charge on any atom is -0.369 e. The standard InChI is InChI=1S/C12H10BrClFN3/c1-2-16-10-6-5-9(17-18-10)7-3-4-8(13)11(14)12(7)15/h3-6H,2H2,1H3,(H,16,18). The Morgan fingerprint density at radius 1 is 1.28 bits per heavy atom. The highest BCUT2D eigenvalue weighted by Crippen LogP contribution is 2.32. The smallest absolute Gasteiger partial charge is 0.152 e. The molecule has 2 rings (SSSR count). The molecule has 1 aromatic heterocycles. The van der Waals surface area contributed by atoms with Crippen LogP contribution < -0.4 is 5.32 Å². The molecule has 0 amide bonds. The van der Waals surface area contributed by atoms with Crippen LogP contribution >= 0.6 is 27.5 Å². The van der Waals surface area contributed by atoms with E-state index >= 15 is 0 Å². The second kappa shape index (κ2) is 5.63. The van der Waals surface area contributed by atoms with Crippen molar-refractivity contribution in [2.45, 2.75) is 6.92 Å². The molecule has 1 N–H and O–H groups in total. The highest BCUT2D eigenvalue weighted by atomic mass is 79.9. The molecule has 0 saturated carbocycles. The summed E-state index contributed by atoms with van der Waals surface area (Å²) in [6, 6.07) is 6.75. The Hall–Kier alpha value is -1.20. The molecular weight excluding hydrogens is 321 g/mol. The molecule has 0 unspecified atom stereocenters. The van der Waals surface area contributed by atoms with E-state index in [4.69, 9.17) is 11.6 Å². The van der Waals surface area contributed by atoms with Gasteiger partial charge in [0.2, 0.25) is 0 Å². The monoisotopic (exact) mass is 329 g/mol. The lowest BCUT2D eigenvalue weighted by molar-refractivity contribution is 0.630. The van der Waals surface area contributed by atoms with Gasteiger partial charge in [-0.25, -0.2) is 4.39 Å². The van der Waals surface area contributed by atoms with Gasteiger partial charge < -0.3 is 5.32 Å². The Morgan fingerprint density at radius 2 is 2.06 bits per heavy atom. The van der Waals surface area contributed by atoms with Crippen LogP contribution in [0, 0.1) is 5.82 Å². The minimum atomic E-state index is -0.503. The molecule has 0 aliphatic rings. The van der Waals surface area contributed by atoms with Crippen LogP contribution in [0.15, 0.2) is 28.7 Å². The van der Waals surface area contributed by atoms with Crippen LogP contribution in [0.2, 0.25) is 5.02 Å². The normalized spacial score (nSPS) is 10.4. The molecule has 0 atom stereocenters. The average molecular weight is 331 g/mol. The van der Waals surface area contributed by atoms with Crippen molar-refractivity contribution in [3.8, 4) is 11.3 Å². The highest BCUT2D eigenvalue weighted by Gasteiger charge is 2.13. The first-order chi connectivity index (χ1) is 8.63. The summed E-state index contributed by atoms with van der Waals surface area (Å²) in [5.74, 6) is 0.154. The van der Waals surface area contributed by atoms with Crippen LogP contribution in [-0.2, 0) is 0 Å². The molecule has 2 aromatic rings. The van der Waals surface area contributed by atoms with Gasteiger partial charge in [-0.1, -0.05) is 11.6 Å². The van der Waals surface area contributed by atoms with Gasteiger partial charge in [0.25, 0.3) is 0 Å². The van der Waals surface area contributed by atoms with Crippen LogP contribution in [0.1, 0.15) is 6.92 Å². The van der Waals surface area contributed by atoms with E-state index in [0.29, 0.717) is 21.5 Å². The summed E-state index contributed by atoms with van der Waals surface area (Å²) in [7, 11) is 0. The lowest BCUT2D eigenvalue weighted by atomic mass is 10.1. The summed E-state index contributed by atoms with van der Waals surface area (Å²) in [4.78, 5) is 0. The third-order valence-electron chi connectivity index (χ3n) is 2.33. The van der Waals surface area contributed by atoms with E-state index in [1.807, 2.05) is 6.92 Å². The number of nitrogens with zero attached hydrogens (tertiary/aromatic N) is 2.